The zero-order valence-corrected chi connectivity index (χ0v) is 18.6. The maximum atomic E-state index is 11.2. The summed E-state index contributed by atoms with van der Waals surface area (Å²) in [7, 11) is -3.23. The van der Waals surface area contributed by atoms with Crippen LogP contribution in [0.25, 0.3) is 10.7 Å². The molecule has 158 valence electrons. The lowest BCUT2D eigenvalue weighted by atomic mass is 9.65. The van der Waals surface area contributed by atoms with Gasteiger partial charge in [0.25, 0.3) is 0 Å². The van der Waals surface area contributed by atoms with Crippen molar-refractivity contribution in [1.82, 2.24) is 24.9 Å². The summed E-state index contributed by atoms with van der Waals surface area (Å²) in [6.45, 7) is 3.11. The van der Waals surface area contributed by atoms with E-state index in [4.69, 9.17) is 0 Å². The SMILES string of the molecule is Cc1cccnc1C1(CNc2ccc(-c3ncc(CNS(C)(=O)=O)s3)nn2)CCC1. The summed E-state index contributed by atoms with van der Waals surface area (Å²) in [4.78, 5) is 9.79. The van der Waals surface area contributed by atoms with Gasteiger partial charge < -0.3 is 5.32 Å². The van der Waals surface area contributed by atoms with Crippen LogP contribution in [0, 0.1) is 6.92 Å². The Labute approximate surface area is 180 Å². The molecule has 3 aromatic heterocycles. The van der Waals surface area contributed by atoms with Gasteiger partial charge in [-0.25, -0.2) is 18.1 Å². The van der Waals surface area contributed by atoms with Gasteiger partial charge in [0, 0.05) is 35.8 Å². The summed E-state index contributed by atoms with van der Waals surface area (Å²) in [5.41, 5.74) is 3.12. The molecule has 3 aromatic rings. The van der Waals surface area contributed by atoms with Gasteiger partial charge >= 0.3 is 0 Å². The van der Waals surface area contributed by atoms with Crippen molar-refractivity contribution in [3.8, 4) is 10.7 Å². The zero-order chi connectivity index (χ0) is 21.2. The number of aryl methyl sites for hydroxylation is 1. The van der Waals surface area contributed by atoms with Crippen LogP contribution >= 0.6 is 11.3 Å². The van der Waals surface area contributed by atoms with Gasteiger partial charge in [-0.1, -0.05) is 12.5 Å². The van der Waals surface area contributed by atoms with E-state index in [9.17, 15) is 8.42 Å². The molecule has 10 heteroatoms. The summed E-state index contributed by atoms with van der Waals surface area (Å²) in [6, 6.07) is 7.87. The molecular formula is C20H24N6O2S2. The lowest BCUT2D eigenvalue weighted by Gasteiger charge is -2.42. The second-order valence-corrected chi connectivity index (χ2v) is 10.6. The van der Waals surface area contributed by atoms with Gasteiger partial charge in [-0.15, -0.1) is 21.5 Å². The van der Waals surface area contributed by atoms with Crippen LogP contribution < -0.4 is 10.0 Å². The largest absolute Gasteiger partial charge is 0.368 e. The molecule has 0 atom stereocenters. The van der Waals surface area contributed by atoms with Crippen LogP contribution in [-0.2, 0) is 22.0 Å². The van der Waals surface area contributed by atoms with Crippen LogP contribution in [-0.4, -0.2) is 41.4 Å². The van der Waals surface area contributed by atoms with Crippen molar-refractivity contribution in [2.45, 2.75) is 38.1 Å². The van der Waals surface area contributed by atoms with E-state index >= 15 is 0 Å². The lowest BCUT2D eigenvalue weighted by Crippen LogP contribution is -2.42. The number of nitrogens with one attached hydrogen (secondary N) is 2. The van der Waals surface area contributed by atoms with Crippen LogP contribution in [0.15, 0.2) is 36.7 Å². The van der Waals surface area contributed by atoms with Crippen LogP contribution in [0.4, 0.5) is 5.82 Å². The van der Waals surface area contributed by atoms with Crippen molar-refractivity contribution in [2.75, 3.05) is 18.1 Å². The van der Waals surface area contributed by atoms with Gasteiger partial charge in [0.15, 0.2) is 0 Å². The highest BCUT2D eigenvalue weighted by Crippen LogP contribution is 2.44. The predicted octanol–water partition coefficient (Wildman–Crippen LogP) is 2.89. The van der Waals surface area contributed by atoms with E-state index in [0.29, 0.717) is 16.5 Å². The fourth-order valence-corrected chi connectivity index (χ4v) is 4.98. The topological polar surface area (TPSA) is 110 Å². The first-order chi connectivity index (χ1) is 14.3. The van der Waals surface area contributed by atoms with Gasteiger partial charge in [0.05, 0.1) is 11.9 Å². The highest BCUT2D eigenvalue weighted by molar-refractivity contribution is 7.88. The standard InChI is InChI=1S/C20H24N6O2S2/c1-14-5-3-10-21-18(14)20(8-4-9-20)13-23-17-7-6-16(25-26-17)19-22-11-15(29-19)12-24-30(2,27)28/h3,5-7,10-11,24H,4,8-9,12-13H2,1-2H3,(H,23,26). The van der Waals surface area contributed by atoms with Crippen molar-refractivity contribution in [3.63, 3.8) is 0 Å². The fourth-order valence-electron chi connectivity index (χ4n) is 3.65. The maximum Gasteiger partial charge on any atom is 0.209 e. The smallest absolute Gasteiger partial charge is 0.209 e. The Morgan fingerprint density at radius 3 is 2.63 bits per heavy atom. The molecule has 30 heavy (non-hydrogen) atoms. The highest BCUT2D eigenvalue weighted by Gasteiger charge is 2.40. The quantitative estimate of drug-likeness (QED) is 0.550. The maximum absolute atomic E-state index is 11.2. The van der Waals surface area contributed by atoms with Crippen LogP contribution in [0.5, 0.6) is 0 Å². The first-order valence-electron chi connectivity index (χ1n) is 9.74. The summed E-state index contributed by atoms with van der Waals surface area (Å²) >= 11 is 1.39. The van der Waals surface area contributed by atoms with E-state index in [0.717, 1.165) is 30.5 Å². The van der Waals surface area contributed by atoms with Crippen molar-refractivity contribution >= 4 is 27.2 Å². The second-order valence-electron chi connectivity index (χ2n) is 7.69. The van der Waals surface area contributed by atoms with Crippen molar-refractivity contribution in [1.29, 1.82) is 0 Å². The normalized spacial score (nSPS) is 15.5. The molecule has 0 unspecified atom stereocenters. The molecule has 0 aliphatic heterocycles. The molecule has 1 aliphatic rings. The van der Waals surface area contributed by atoms with Gasteiger partial charge in [0.1, 0.15) is 16.5 Å². The molecule has 0 amide bonds. The number of rotatable bonds is 8. The van der Waals surface area contributed by atoms with E-state index in [-0.39, 0.29) is 12.0 Å². The molecule has 0 radical (unpaired) electrons. The predicted molar refractivity (Wildman–Crippen MR) is 118 cm³/mol. The number of hydrogen-bond donors (Lipinski definition) is 2. The molecule has 3 heterocycles. The Bertz CT molecular complexity index is 1120. The number of aromatic nitrogens is 4. The Morgan fingerprint density at radius 1 is 1.17 bits per heavy atom. The summed E-state index contributed by atoms with van der Waals surface area (Å²) in [5, 5.41) is 12.7. The minimum absolute atomic E-state index is 0.0581. The van der Waals surface area contributed by atoms with Crippen LogP contribution in [0.1, 0.15) is 35.4 Å². The molecule has 8 nitrogen and oxygen atoms in total. The average Bonchev–Trinajstić information content (AvgIpc) is 3.16. The molecule has 0 aromatic carbocycles. The molecule has 2 N–H and O–H groups in total. The Morgan fingerprint density at radius 2 is 2.00 bits per heavy atom. The van der Waals surface area contributed by atoms with Gasteiger partial charge in [-0.05, 0) is 43.5 Å². The van der Waals surface area contributed by atoms with E-state index < -0.39 is 10.0 Å². The number of anilines is 1. The third-order valence-corrected chi connectivity index (χ3v) is 7.06. The van der Waals surface area contributed by atoms with Gasteiger partial charge in [-0.2, -0.15) is 0 Å². The van der Waals surface area contributed by atoms with Crippen LogP contribution in [0.2, 0.25) is 0 Å². The Balaban J connectivity index is 1.41. The lowest BCUT2D eigenvalue weighted by molar-refractivity contribution is 0.251. The molecular weight excluding hydrogens is 420 g/mol. The van der Waals surface area contributed by atoms with Gasteiger partial charge in [-0.3, -0.25) is 4.98 Å². The highest BCUT2D eigenvalue weighted by atomic mass is 32.2. The number of sulfonamides is 1. The molecule has 1 saturated carbocycles. The Kier molecular flexibility index (Phi) is 5.81. The average molecular weight is 445 g/mol. The first kappa shape index (κ1) is 20.8. The first-order valence-corrected chi connectivity index (χ1v) is 12.4. The van der Waals surface area contributed by atoms with Gasteiger partial charge in [0.2, 0.25) is 10.0 Å². The molecule has 0 spiro atoms. The third-order valence-electron chi connectivity index (χ3n) is 5.38. The van der Waals surface area contributed by atoms with E-state index in [1.165, 1.54) is 29.0 Å². The van der Waals surface area contributed by atoms with E-state index in [1.807, 2.05) is 24.4 Å². The molecule has 0 bridgehead atoms. The molecule has 0 saturated heterocycles. The van der Waals surface area contributed by atoms with Crippen molar-refractivity contribution in [3.05, 3.63) is 52.8 Å². The number of hydrogen-bond acceptors (Lipinski definition) is 8. The summed E-state index contributed by atoms with van der Waals surface area (Å²) in [5.74, 6) is 0.717. The Hall–Kier alpha value is -2.43. The van der Waals surface area contributed by atoms with Crippen molar-refractivity contribution in [2.24, 2.45) is 0 Å². The zero-order valence-electron chi connectivity index (χ0n) is 16.9. The van der Waals surface area contributed by atoms with Crippen molar-refractivity contribution < 1.29 is 8.42 Å². The number of nitrogens with zero attached hydrogens (tertiary/aromatic N) is 4. The summed E-state index contributed by atoms with van der Waals surface area (Å²) < 4.78 is 24.9. The molecule has 4 rings (SSSR count). The second kappa shape index (κ2) is 8.37. The minimum Gasteiger partial charge on any atom is -0.368 e. The monoisotopic (exact) mass is 444 g/mol. The summed E-state index contributed by atoms with van der Waals surface area (Å²) in [6.07, 6.45) is 8.10. The third kappa shape index (κ3) is 4.66. The minimum atomic E-state index is -3.23. The fraction of sp³-hybridized carbons (Fsp3) is 0.400. The van der Waals surface area contributed by atoms with Crippen LogP contribution in [0.3, 0.4) is 0 Å². The molecule has 1 fully saturated rings. The number of thiazole rings is 1. The van der Waals surface area contributed by atoms with E-state index in [2.05, 4.69) is 43.2 Å². The van der Waals surface area contributed by atoms with E-state index in [1.54, 1.807) is 6.20 Å². The number of pyridine rings is 1. The molecule has 1 aliphatic carbocycles.